The minimum Gasteiger partial charge on any atom is -0.379 e. The van der Waals surface area contributed by atoms with E-state index in [2.05, 4.69) is 45.0 Å². The van der Waals surface area contributed by atoms with Crippen molar-refractivity contribution in [3.8, 4) is 0 Å². The second-order valence-corrected chi connectivity index (χ2v) is 6.27. The molecule has 1 aromatic rings. The van der Waals surface area contributed by atoms with Gasteiger partial charge in [0.2, 0.25) is 0 Å². The monoisotopic (exact) mass is 291 g/mol. The molecule has 2 nitrogen and oxygen atoms in total. The summed E-state index contributed by atoms with van der Waals surface area (Å²) in [6, 6.07) is 8.61. The lowest BCUT2D eigenvalue weighted by atomic mass is 10.00. The van der Waals surface area contributed by atoms with Crippen molar-refractivity contribution in [2.45, 2.75) is 71.3 Å². The smallest absolute Gasteiger partial charge is 0.0659 e. The molecule has 0 aliphatic carbocycles. The molecule has 0 spiro atoms. The number of hydrogen-bond acceptors (Lipinski definition) is 2. The van der Waals surface area contributed by atoms with Gasteiger partial charge >= 0.3 is 0 Å². The topological polar surface area (TPSA) is 35.2 Å². The Balaban J connectivity index is 2.14. The summed E-state index contributed by atoms with van der Waals surface area (Å²) in [6.45, 7) is 8.12. The fourth-order valence-corrected chi connectivity index (χ4v) is 2.42. The molecule has 0 aromatic heterocycles. The highest BCUT2D eigenvalue weighted by Crippen LogP contribution is 2.18. The summed E-state index contributed by atoms with van der Waals surface area (Å²) in [5, 5.41) is 0. The summed E-state index contributed by atoms with van der Waals surface area (Å²) >= 11 is 0. The van der Waals surface area contributed by atoms with Crippen molar-refractivity contribution < 1.29 is 4.74 Å². The van der Waals surface area contributed by atoms with Crippen LogP contribution in [0.5, 0.6) is 0 Å². The van der Waals surface area contributed by atoms with Crippen LogP contribution in [0.1, 0.15) is 82.4 Å². The van der Waals surface area contributed by atoms with E-state index in [4.69, 9.17) is 10.5 Å². The summed E-state index contributed by atoms with van der Waals surface area (Å²) in [7, 11) is 0. The van der Waals surface area contributed by atoms with Gasteiger partial charge in [0.25, 0.3) is 0 Å². The summed E-state index contributed by atoms with van der Waals surface area (Å²) in [5.74, 6) is 0.569. The van der Waals surface area contributed by atoms with Crippen LogP contribution in [0.15, 0.2) is 24.3 Å². The lowest BCUT2D eigenvalue weighted by Gasteiger charge is -2.14. The first-order valence-electron chi connectivity index (χ1n) is 8.58. The molecule has 0 saturated heterocycles. The van der Waals surface area contributed by atoms with Gasteiger partial charge in [-0.1, -0.05) is 77.1 Å². The molecule has 1 aromatic carbocycles. The molecule has 120 valence electrons. The van der Waals surface area contributed by atoms with Crippen molar-refractivity contribution in [1.29, 1.82) is 0 Å². The Morgan fingerprint density at radius 3 is 2.10 bits per heavy atom. The number of unbranched alkanes of at least 4 members (excludes halogenated alkanes) is 5. The Morgan fingerprint density at radius 1 is 0.905 bits per heavy atom. The third kappa shape index (κ3) is 7.63. The van der Waals surface area contributed by atoms with Gasteiger partial charge in [0, 0.05) is 6.61 Å². The maximum Gasteiger partial charge on any atom is 0.0659 e. The van der Waals surface area contributed by atoms with Gasteiger partial charge in [0.15, 0.2) is 0 Å². The van der Waals surface area contributed by atoms with Crippen LogP contribution in [-0.4, -0.2) is 13.2 Å². The first-order valence-corrected chi connectivity index (χ1v) is 8.58. The molecule has 1 rings (SSSR count). The van der Waals surface area contributed by atoms with Crippen molar-refractivity contribution in [1.82, 2.24) is 0 Å². The fourth-order valence-electron chi connectivity index (χ4n) is 2.42. The van der Waals surface area contributed by atoms with Crippen molar-refractivity contribution in [3.63, 3.8) is 0 Å². The van der Waals surface area contributed by atoms with E-state index in [-0.39, 0.29) is 6.04 Å². The van der Waals surface area contributed by atoms with Crippen molar-refractivity contribution in [3.05, 3.63) is 35.4 Å². The van der Waals surface area contributed by atoms with Gasteiger partial charge in [-0.15, -0.1) is 0 Å². The minimum atomic E-state index is -0.00805. The first kappa shape index (κ1) is 18.2. The quantitative estimate of drug-likeness (QED) is 0.570. The van der Waals surface area contributed by atoms with Crippen LogP contribution in [0.4, 0.5) is 0 Å². The first-order chi connectivity index (χ1) is 10.1. The highest BCUT2D eigenvalue weighted by Gasteiger charge is 2.07. The van der Waals surface area contributed by atoms with E-state index in [1.54, 1.807) is 0 Å². The molecule has 0 saturated carbocycles. The van der Waals surface area contributed by atoms with Gasteiger partial charge in [0.05, 0.1) is 12.6 Å². The number of ether oxygens (including phenoxy) is 1. The molecule has 0 amide bonds. The maximum atomic E-state index is 6.18. The van der Waals surface area contributed by atoms with Crippen LogP contribution in [0.2, 0.25) is 0 Å². The zero-order chi connectivity index (χ0) is 15.5. The van der Waals surface area contributed by atoms with Gasteiger partial charge in [-0.2, -0.15) is 0 Å². The van der Waals surface area contributed by atoms with Gasteiger partial charge in [-0.25, -0.2) is 0 Å². The summed E-state index contributed by atoms with van der Waals surface area (Å²) in [5.41, 5.74) is 8.71. The lowest BCUT2D eigenvalue weighted by Crippen LogP contribution is -2.17. The summed E-state index contributed by atoms with van der Waals surface area (Å²) in [6.07, 6.45) is 7.79. The van der Waals surface area contributed by atoms with Crippen LogP contribution >= 0.6 is 0 Å². The van der Waals surface area contributed by atoms with Crippen LogP contribution < -0.4 is 5.73 Å². The van der Waals surface area contributed by atoms with E-state index in [0.29, 0.717) is 12.5 Å². The van der Waals surface area contributed by atoms with Crippen molar-refractivity contribution in [2.24, 2.45) is 5.73 Å². The van der Waals surface area contributed by atoms with Crippen LogP contribution in [0, 0.1) is 0 Å². The average Bonchev–Trinajstić information content (AvgIpc) is 2.49. The standard InChI is InChI=1S/C19H33NO/c1-4-5-6-7-8-9-14-21-15-19(20)18-12-10-17(11-13-18)16(2)3/h10-13,16,19H,4-9,14-15,20H2,1-3H3. The third-order valence-electron chi connectivity index (χ3n) is 3.97. The Labute approximate surface area is 131 Å². The Morgan fingerprint density at radius 2 is 1.48 bits per heavy atom. The van der Waals surface area contributed by atoms with Gasteiger partial charge in [0.1, 0.15) is 0 Å². The molecule has 1 unspecified atom stereocenters. The van der Waals surface area contributed by atoms with E-state index in [1.165, 1.54) is 43.2 Å². The maximum absolute atomic E-state index is 6.18. The number of rotatable bonds is 11. The molecular weight excluding hydrogens is 258 g/mol. The molecule has 2 heteroatoms. The number of hydrogen-bond donors (Lipinski definition) is 1. The second-order valence-electron chi connectivity index (χ2n) is 6.27. The fraction of sp³-hybridized carbons (Fsp3) is 0.684. The van der Waals surface area contributed by atoms with E-state index >= 15 is 0 Å². The molecule has 2 N–H and O–H groups in total. The molecule has 1 atom stereocenters. The Bertz CT molecular complexity index is 358. The van der Waals surface area contributed by atoms with E-state index in [0.717, 1.165) is 13.0 Å². The molecule has 0 radical (unpaired) electrons. The van der Waals surface area contributed by atoms with Crippen LogP contribution in [-0.2, 0) is 4.74 Å². The van der Waals surface area contributed by atoms with Gasteiger partial charge in [-0.05, 0) is 23.5 Å². The predicted octanol–water partition coefficient (Wildman–Crippen LogP) is 5.19. The zero-order valence-corrected chi connectivity index (χ0v) is 14.1. The normalized spacial score (nSPS) is 12.8. The Kier molecular flexibility index (Phi) is 9.36. The van der Waals surface area contributed by atoms with Crippen LogP contribution in [0.3, 0.4) is 0 Å². The average molecular weight is 291 g/mol. The molecule has 0 aliphatic rings. The Hall–Kier alpha value is -0.860. The molecule has 0 aliphatic heterocycles. The van der Waals surface area contributed by atoms with E-state index in [9.17, 15) is 0 Å². The lowest BCUT2D eigenvalue weighted by molar-refractivity contribution is 0.117. The van der Waals surface area contributed by atoms with E-state index in [1.807, 2.05) is 0 Å². The van der Waals surface area contributed by atoms with Gasteiger partial charge < -0.3 is 10.5 Å². The molecular formula is C19H33NO. The second kappa shape index (κ2) is 10.8. The highest BCUT2D eigenvalue weighted by atomic mass is 16.5. The summed E-state index contributed by atoms with van der Waals surface area (Å²) < 4.78 is 5.71. The summed E-state index contributed by atoms with van der Waals surface area (Å²) in [4.78, 5) is 0. The van der Waals surface area contributed by atoms with Crippen molar-refractivity contribution >= 4 is 0 Å². The molecule has 21 heavy (non-hydrogen) atoms. The van der Waals surface area contributed by atoms with Gasteiger partial charge in [-0.3, -0.25) is 0 Å². The molecule has 0 heterocycles. The van der Waals surface area contributed by atoms with Crippen molar-refractivity contribution in [2.75, 3.05) is 13.2 Å². The predicted molar refractivity (Wildman–Crippen MR) is 91.7 cm³/mol. The SMILES string of the molecule is CCCCCCCCOCC(N)c1ccc(C(C)C)cc1. The van der Waals surface area contributed by atoms with E-state index < -0.39 is 0 Å². The minimum absolute atomic E-state index is 0.00805. The zero-order valence-electron chi connectivity index (χ0n) is 14.1. The highest BCUT2D eigenvalue weighted by molar-refractivity contribution is 5.26. The number of benzene rings is 1. The third-order valence-corrected chi connectivity index (χ3v) is 3.97. The largest absolute Gasteiger partial charge is 0.379 e. The molecule has 0 bridgehead atoms. The number of nitrogens with two attached hydrogens (primary N) is 1. The van der Waals surface area contributed by atoms with Crippen LogP contribution in [0.25, 0.3) is 0 Å². The molecule has 0 fully saturated rings.